The zero-order chi connectivity index (χ0) is 13.2. The molecule has 102 valence electrons. The fourth-order valence-corrected chi connectivity index (χ4v) is 1.48. The third-order valence-corrected chi connectivity index (χ3v) is 2.64. The van der Waals surface area contributed by atoms with Gasteiger partial charge < -0.3 is 15.8 Å². The average Bonchev–Trinajstić information content (AvgIpc) is 2.41. The topological polar surface area (TPSA) is 73.1 Å². The van der Waals surface area contributed by atoms with Gasteiger partial charge in [-0.05, 0) is 31.7 Å². The van der Waals surface area contributed by atoms with E-state index in [1.54, 1.807) is 12.3 Å². The maximum atomic E-state index is 5.57. The summed E-state index contributed by atoms with van der Waals surface area (Å²) in [5, 5.41) is 3.20. The molecule has 1 unspecified atom stereocenters. The van der Waals surface area contributed by atoms with Gasteiger partial charge in [-0.1, -0.05) is 13.8 Å². The molecular formula is C13H24N4O. The van der Waals surface area contributed by atoms with Gasteiger partial charge in [0.25, 0.3) is 0 Å². The van der Waals surface area contributed by atoms with E-state index in [2.05, 4.69) is 29.1 Å². The highest BCUT2D eigenvalue weighted by Crippen LogP contribution is 2.09. The third-order valence-electron chi connectivity index (χ3n) is 2.64. The molecule has 0 aromatic carbocycles. The number of anilines is 1. The van der Waals surface area contributed by atoms with E-state index in [1.165, 1.54) is 0 Å². The van der Waals surface area contributed by atoms with Crippen LogP contribution >= 0.6 is 0 Å². The molecule has 0 aliphatic heterocycles. The summed E-state index contributed by atoms with van der Waals surface area (Å²) in [6.07, 6.45) is 4.88. The normalized spacial score (nSPS) is 12.2. The van der Waals surface area contributed by atoms with Crippen molar-refractivity contribution in [2.45, 2.75) is 33.1 Å². The summed E-state index contributed by atoms with van der Waals surface area (Å²) in [4.78, 5) is 8.44. The molecule has 1 rings (SSSR count). The Morgan fingerprint density at radius 3 is 3.06 bits per heavy atom. The molecule has 5 nitrogen and oxygen atoms in total. The highest BCUT2D eigenvalue weighted by Gasteiger charge is 2.01. The molecule has 0 amide bonds. The first kappa shape index (κ1) is 14.7. The maximum absolute atomic E-state index is 5.57. The lowest BCUT2D eigenvalue weighted by Crippen LogP contribution is -2.13. The first-order chi connectivity index (χ1) is 8.76. The van der Waals surface area contributed by atoms with E-state index in [-0.39, 0.29) is 0 Å². The first-order valence-corrected chi connectivity index (χ1v) is 6.66. The van der Waals surface area contributed by atoms with Gasteiger partial charge in [0.05, 0.1) is 6.61 Å². The van der Waals surface area contributed by atoms with Crippen molar-refractivity contribution in [2.75, 3.05) is 25.0 Å². The lowest BCUT2D eigenvalue weighted by atomic mass is 10.1. The summed E-state index contributed by atoms with van der Waals surface area (Å²) in [5.74, 6) is 1.83. The molecule has 0 aliphatic carbocycles. The molecule has 1 heterocycles. The van der Waals surface area contributed by atoms with Gasteiger partial charge in [-0.2, -0.15) is 4.98 Å². The minimum absolute atomic E-state index is 0.576. The predicted molar refractivity (Wildman–Crippen MR) is 73.8 cm³/mol. The van der Waals surface area contributed by atoms with Crippen molar-refractivity contribution in [1.29, 1.82) is 0 Å². The molecule has 5 heteroatoms. The van der Waals surface area contributed by atoms with Crippen molar-refractivity contribution in [3.8, 4) is 5.88 Å². The largest absolute Gasteiger partial charge is 0.478 e. The van der Waals surface area contributed by atoms with Crippen LogP contribution in [0.4, 0.5) is 5.95 Å². The fraction of sp³-hybridized carbons (Fsp3) is 0.692. The minimum atomic E-state index is 0.576. The molecule has 1 atom stereocenters. The Morgan fingerprint density at radius 2 is 2.33 bits per heavy atom. The van der Waals surface area contributed by atoms with Gasteiger partial charge in [0.2, 0.25) is 11.8 Å². The van der Waals surface area contributed by atoms with Crippen LogP contribution in [0, 0.1) is 5.92 Å². The van der Waals surface area contributed by atoms with Crippen molar-refractivity contribution in [3.63, 3.8) is 0 Å². The van der Waals surface area contributed by atoms with E-state index in [1.807, 2.05) is 0 Å². The first-order valence-electron chi connectivity index (χ1n) is 6.66. The van der Waals surface area contributed by atoms with E-state index in [0.717, 1.165) is 32.4 Å². The average molecular weight is 252 g/mol. The third kappa shape index (κ3) is 5.82. The molecule has 0 spiro atoms. The molecule has 0 radical (unpaired) electrons. The second-order valence-corrected chi connectivity index (χ2v) is 4.48. The van der Waals surface area contributed by atoms with Crippen LogP contribution in [0.3, 0.4) is 0 Å². The molecular weight excluding hydrogens is 228 g/mol. The van der Waals surface area contributed by atoms with Gasteiger partial charge >= 0.3 is 0 Å². The Labute approximate surface area is 109 Å². The highest BCUT2D eigenvalue weighted by atomic mass is 16.5. The van der Waals surface area contributed by atoms with Crippen LogP contribution in [0.1, 0.15) is 33.1 Å². The van der Waals surface area contributed by atoms with Crippen molar-refractivity contribution in [3.05, 3.63) is 12.3 Å². The summed E-state index contributed by atoms with van der Waals surface area (Å²) < 4.78 is 5.45. The molecule has 3 N–H and O–H groups in total. The number of aromatic nitrogens is 2. The lowest BCUT2D eigenvalue weighted by molar-refractivity contribution is 0.305. The van der Waals surface area contributed by atoms with Gasteiger partial charge in [0.15, 0.2) is 0 Å². The maximum Gasteiger partial charge on any atom is 0.225 e. The Hall–Kier alpha value is -1.36. The van der Waals surface area contributed by atoms with Gasteiger partial charge in [-0.15, -0.1) is 0 Å². The Kier molecular flexibility index (Phi) is 7.10. The summed E-state index contributed by atoms with van der Waals surface area (Å²) in [5.41, 5.74) is 5.57. The monoisotopic (exact) mass is 252 g/mol. The zero-order valence-corrected chi connectivity index (χ0v) is 11.4. The second kappa shape index (κ2) is 8.69. The Balaban J connectivity index is 2.29. The van der Waals surface area contributed by atoms with Crippen LogP contribution in [0.25, 0.3) is 0 Å². The van der Waals surface area contributed by atoms with Gasteiger partial charge in [-0.25, -0.2) is 4.98 Å². The van der Waals surface area contributed by atoms with Crippen LogP contribution in [-0.4, -0.2) is 29.7 Å². The number of hydrogen-bond acceptors (Lipinski definition) is 5. The SMILES string of the molecule is CCCOc1ccnc(NCCCC(C)CN)n1. The summed E-state index contributed by atoms with van der Waals surface area (Å²) >= 11 is 0. The van der Waals surface area contributed by atoms with E-state index in [0.29, 0.717) is 24.4 Å². The molecule has 1 aromatic heterocycles. The van der Waals surface area contributed by atoms with Gasteiger partial charge in [-0.3, -0.25) is 0 Å². The lowest BCUT2D eigenvalue weighted by Gasteiger charge is -2.09. The summed E-state index contributed by atoms with van der Waals surface area (Å²) in [6, 6.07) is 1.78. The van der Waals surface area contributed by atoms with Crippen LogP contribution in [0.5, 0.6) is 5.88 Å². The van der Waals surface area contributed by atoms with Crippen molar-refractivity contribution < 1.29 is 4.74 Å². The molecule has 1 aromatic rings. The van der Waals surface area contributed by atoms with Crippen molar-refractivity contribution in [2.24, 2.45) is 11.7 Å². The van der Waals surface area contributed by atoms with Crippen LogP contribution < -0.4 is 15.8 Å². The summed E-state index contributed by atoms with van der Waals surface area (Å²) in [6.45, 7) is 6.53. The van der Waals surface area contributed by atoms with Crippen LogP contribution in [0.15, 0.2) is 12.3 Å². The number of nitrogens with zero attached hydrogens (tertiary/aromatic N) is 2. The van der Waals surface area contributed by atoms with Gasteiger partial charge in [0, 0.05) is 18.8 Å². The zero-order valence-electron chi connectivity index (χ0n) is 11.4. The number of nitrogens with two attached hydrogens (primary N) is 1. The van der Waals surface area contributed by atoms with Crippen LogP contribution in [-0.2, 0) is 0 Å². The highest BCUT2D eigenvalue weighted by molar-refractivity contribution is 5.27. The number of nitrogens with one attached hydrogen (secondary N) is 1. The molecule has 0 bridgehead atoms. The van der Waals surface area contributed by atoms with Crippen molar-refractivity contribution in [1.82, 2.24) is 9.97 Å². The fourth-order valence-electron chi connectivity index (χ4n) is 1.48. The second-order valence-electron chi connectivity index (χ2n) is 4.48. The van der Waals surface area contributed by atoms with E-state index < -0.39 is 0 Å². The molecule has 0 saturated heterocycles. The standard InChI is InChI=1S/C13H24N4O/c1-3-9-18-12-6-8-16-13(17-12)15-7-4-5-11(2)10-14/h6,8,11H,3-5,7,9-10,14H2,1-2H3,(H,15,16,17). The molecule has 0 saturated carbocycles. The molecule has 18 heavy (non-hydrogen) atoms. The number of ether oxygens (including phenoxy) is 1. The van der Waals surface area contributed by atoms with E-state index >= 15 is 0 Å². The van der Waals surface area contributed by atoms with E-state index in [4.69, 9.17) is 10.5 Å². The smallest absolute Gasteiger partial charge is 0.225 e. The Bertz CT molecular complexity index is 333. The van der Waals surface area contributed by atoms with Crippen LogP contribution in [0.2, 0.25) is 0 Å². The number of hydrogen-bond donors (Lipinski definition) is 2. The quantitative estimate of drug-likeness (QED) is 0.658. The molecule has 0 aliphatic rings. The predicted octanol–water partition coefficient (Wildman–Crippen LogP) is 2.05. The van der Waals surface area contributed by atoms with E-state index in [9.17, 15) is 0 Å². The number of rotatable bonds is 9. The van der Waals surface area contributed by atoms with Gasteiger partial charge in [0.1, 0.15) is 0 Å². The van der Waals surface area contributed by atoms with Crippen molar-refractivity contribution >= 4 is 5.95 Å². The summed E-state index contributed by atoms with van der Waals surface area (Å²) in [7, 11) is 0. The Morgan fingerprint density at radius 1 is 1.50 bits per heavy atom. The molecule has 0 fully saturated rings. The minimum Gasteiger partial charge on any atom is -0.478 e.